The second kappa shape index (κ2) is 3.96. The van der Waals surface area contributed by atoms with Crippen LogP contribution in [0.4, 0.5) is 4.79 Å². The number of carbonyl (C=O) groups excluding carboxylic acids is 1. The zero-order valence-corrected chi connectivity index (χ0v) is 8.23. The first-order valence-electron chi connectivity index (χ1n) is 4.54. The molecule has 4 heteroatoms. The zero-order chi connectivity index (χ0) is 10.7. The van der Waals surface area contributed by atoms with Gasteiger partial charge in [-0.25, -0.2) is 4.79 Å². The molecule has 0 radical (unpaired) electrons. The summed E-state index contributed by atoms with van der Waals surface area (Å²) in [5, 5.41) is 3.22. The summed E-state index contributed by atoms with van der Waals surface area (Å²) in [5.41, 5.74) is 0.805. The first-order valence-corrected chi connectivity index (χ1v) is 4.54. The number of pyridine rings is 1. The third-order valence-corrected chi connectivity index (χ3v) is 2.02. The Balaban J connectivity index is 2.46. The van der Waals surface area contributed by atoms with E-state index in [2.05, 4.69) is 10.3 Å². The highest BCUT2D eigenvalue weighted by molar-refractivity contribution is 5.87. The minimum atomic E-state index is -0.480. The predicted molar refractivity (Wildman–Crippen MR) is 56.8 cm³/mol. The standard InChI is InChI=1S/C11H10N2O2/c1-12-11(14)15-10-6-7-13-9-5-3-2-4-8(9)10/h2-7H,1H3,(H,12,14). The first-order chi connectivity index (χ1) is 7.31. The fourth-order valence-electron chi connectivity index (χ4n) is 1.31. The molecule has 15 heavy (non-hydrogen) atoms. The summed E-state index contributed by atoms with van der Waals surface area (Å²) in [7, 11) is 1.52. The average molecular weight is 202 g/mol. The van der Waals surface area contributed by atoms with Crippen LogP contribution in [-0.4, -0.2) is 18.1 Å². The summed E-state index contributed by atoms with van der Waals surface area (Å²) in [6, 6.07) is 9.16. The number of hydrogen-bond donors (Lipinski definition) is 1. The maximum atomic E-state index is 11.1. The molecule has 0 aliphatic carbocycles. The van der Waals surface area contributed by atoms with Crippen molar-refractivity contribution in [3.8, 4) is 5.75 Å². The van der Waals surface area contributed by atoms with Crippen LogP contribution in [0.3, 0.4) is 0 Å². The summed E-state index contributed by atoms with van der Waals surface area (Å²) >= 11 is 0. The fourth-order valence-corrected chi connectivity index (χ4v) is 1.31. The van der Waals surface area contributed by atoms with E-state index < -0.39 is 6.09 Å². The molecule has 0 saturated heterocycles. The van der Waals surface area contributed by atoms with Gasteiger partial charge in [-0.3, -0.25) is 4.98 Å². The van der Waals surface area contributed by atoms with Gasteiger partial charge in [-0.2, -0.15) is 0 Å². The van der Waals surface area contributed by atoms with Crippen molar-refractivity contribution in [3.05, 3.63) is 36.5 Å². The highest BCUT2D eigenvalue weighted by atomic mass is 16.6. The van der Waals surface area contributed by atoms with Gasteiger partial charge in [-0.05, 0) is 18.2 Å². The zero-order valence-electron chi connectivity index (χ0n) is 8.23. The molecule has 1 heterocycles. The van der Waals surface area contributed by atoms with E-state index in [1.807, 2.05) is 24.3 Å². The van der Waals surface area contributed by atoms with E-state index in [0.29, 0.717) is 5.75 Å². The molecule has 76 valence electrons. The van der Waals surface area contributed by atoms with Crippen LogP contribution in [0, 0.1) is 0 Å². The molecule has 0 aliphatic heterocycles. The maximum absolute atomic E-state index is 11.1. The molecule has 1 N–H and O–H groups in total. The number of nitrogens with one attached hydrogen (secondary N) is 1. The van der Waals surface area contributed by atoms with Gasteiger partial charge in [0, 0.05) is 18.6 Å². The van der Waals surface area contributed by atoms with E-state index in [4.69, 9.17) is 4.74 Å². The molecule has 0 aliphatic rings. The minimum absolute atomic E-state index is 0.480. The smallest absolute Gasteiger partial charge is 0.410 e. The van der Waals surface area contributed by atoms with Gasteiger partial charge in [0.05, 0.1) is 5.52 Å². The largest absolute Gasteiger partial charge is 0.412 e. The van der Waals surface area contributed by atoms with Crippen molar-refractivity contribution in [2.45, 2.75) is 0 Å². The Morgan fingerprint density at radius 2 is 2.13 bits per heavy atom. The number of aromatic nitrogens is 1. The van der Waals surface area contributed by atoms with Crippen molar-refractivity contribution in [1.29, 1.82) is 0 Å². The van der Waals surface area contributed by atoms with E-state index in [0.717, 1.165) is 10.9 Å². The monoisotopic (exact) mass is 202 g/mol. The molecule has 1 aromatic heterocycles. The summed E-state index contributed by atoms with van der Waals surface area (Å²) < 4.78 is 5.09. The van der Waals surface area contributed by atoms with E-state index >= 15 is 0 Å². The molecule has 1 amide bonds. The van der Waals surface area contributed by atoms with Crippen molar-refractivity contribution in [2.75, 3.05) is 7.05 Å². The van der Waals surface area contributed by atoms with E-state index in [9.17, 15) is 4.79 Å². The van der Waals surface area contributed by atoms with Crippen molar-refractivity contribution in [2.24, 2.45) is 0 Å². The van der Waals surface area contributed by atoms with Gasteiger partial charge in [0.1, 0.15) is 5.75 Å². The molecular weight excluding hydrogens is 192 g/mol. The molecule has 0 unspecified atom stereocenters. The summed E-state index contributed by atoms with van der Waals surface area (Å²) in [5.74, 6) is 0.514. The molecule has 0 atom stereocenters. The Morgan fingerprint density at radius 1 is 1.33 bits per heavy atom. The van der Waals surface area contributed by atoms with Crippen LogP contribution in [0.1, 0.15) is 0 Å². The Kier molecular flexibility index (Phi) is 2.49. The van der Waals surface area contributed by atoms with Crippen molar-refractivity contribution < 1.29 is 9.53 Å². The molecule has 0 fully saturated rings. The average Bonchev–Trinajstić information content (AvgIpc) is 2.29. The Morgan fingerprint density at radius 3 is 2.93 bits per heavy atom. The summed E-state index contributed by atoms with van der Waals surface area (Å²) in [4.78, 5) is 15.2. The highest BCUT2D eigenvalue weighted by Gasteiger charge is 2.05. The number of amides is 1. The van der Waals surface area contributed by atoms with Crippen molar-refractivity contribution >= 4 is 17.0 Å². The Hall–Kier alpha value is -2.10. The topological polar surface area (TPSA) is 51.2 Å². The molecule has 2 rings (SSSR count). The van der Waals surface area contributed by atoms with Gasteiger partial charge in [0.15, 0.2) is 0 Å². The minimum Gasteiger partial charge on any atom is -0.410 e. The lowest BCUT2D eigenvalue weighted by molar-refractivity contribution is 0.203. The number of carbonyl (C=O) groups is 1. The van der Waals surface area contributed by atoms with E-state index in [-0.39, 0.29) is 0 Å². The molecule has 1 aromatic carbocycles. The Labute approximate surface area is 86.9 Å². The lowest BCUT2D eigenvalue weighted by Gasteiger charge is -2.05. The lowest BCUT2D eigenvalue weighted by Crippen LogP contribution is -2.22. The molecule has 0 spiro atoms. The van der Waals surface area contributed by atoms with Crippen LogP contribution in [-0.2, 0) is 0 Å². The lowest BCUT2D eigenvalue weighted by atomic mass is 10.2. The van der Waals surface area contributed by atoms with Crippen LogP contribution < -0.4 is 10.1 Å². The van der Waals surface area contributed by atoms with Gasteiger partial charge in [0.2, 0.25) is 0 Å². The molecular formula is C11H10N2O2. The first kappa shape index (κ1) is 9.45. The van der Waals surface area contributed by atoms with E-state index in [1.54, 1.807) is 12.3 Å². The SMILES string of the molecule is CNC(=O)Oc1ccnc2ccccc12. The van der Waals surface area contributed by atoms with Gasteiger partial charge >= 0.3 is 6.09 Å². The Bertz CT molecular complexity index is 491. The van der Waals surface area contributed by atoms with Gasteiger partial charge in [-0.15, -0.1) is 0 Å². The second-order valence-corrected chi connectivity index (χ2v) is 2.97. The second-order valence-electron chi connectivity index (χ2n) is 2.97. The van der Waals surface area contributed by atoms with Gasteiger partial charge in [-0.1, -0.05) is 12.1 Å². The van der Waals surface area contributed by atoms with E-state index in [1.165, 1.54) is 7.05 Å². The van der Waals surface area contributed by atoms with Gasteiger partial charge in [0.25, 0.3) is 0 Å². The molecule has 0 bridgehead atoms. The number of ether oxygens (including phenoxy) is 1. The molecule has 2 aromatic rings. The van der Waals surface area contributed by atoms with Crippen molar-refractivity contribution in [1.82, 2.24) is 10.3 Å². The fraction of sp³-hybridized carbons (Fsp3) is 0.0909. The highest BCUT2D eigenvalue weighted by Crippen LogP contribution is 2.23. The van der Waals surface area contributed by atoms with Crippen LogP contribution in [0.2, 0.25) is 0 Å². The number of nitrogens with zero attached hydrogens (tertiary/aromatic N) is 1. The number of para-hydroxylation sites is 1. The maximum Gasteiger partial charge on any atom is 0.412 e. The third-order valence-electron chi connectivity index (χ3n) is 2.02. The van der Waals surface area contributed by atoms with Crippen LogP contribution >= 0.6 is 0 Å². The third kappa shape index (κ3) is 1.88. The number of benzene rings is 1. The van der Waals surface area contributed by atoms with Crippen LogP contribution in [0.25, 0.3) is 10.9 Å². The van der Waals surface area contributed by atoms with Crippen LogP contribution in [0.15, 0.2) is 36.5 Å². The van der Waals surface area contributed by atoms with Crippen LogP contribution in [0.5, 0.6) is 5.75 Å². The summed E-state index contributed by atoms with van der Waals surface area (Å²) in [6.07, 6.45) is 1.13. The number of rotatable bonds is 1. The predicted octanol–water partition coefficient (Wildman–Crippen LogP) is 1.95. The van der Waals surface area contributed by atoms with Crippen molar-refractivity contribution in [3.63, 3.8) is 0 Å². The summed E-state index contributed by atoms with van der Waals surface area (Å²) in [6.45, 7) is 0. The molecule has 0 saturated carbocycles. The molecule has 4 nitrogen and oxygen atoms in total. The number of hydrogen-bond acceptors (Lipinski definition) is 3. The normalized spacial score (nSPS) is 9.93. The number of fused-ring (bicyclic) bond motifs is 1. The quantitative estimate of drug-likeness (QED) is 0.769. The van der Waals surface area contributed by atoms with Gasteiger partial charge < -0.3 is 10.1 Å².